The van der Waals surface area contributed by atoms with Crippen molar-refractivity contribution in [1.82, 2.24) is 5.32 Å². The molecule has 0 aliphatic carbocycles. The highest BCUT2D eigenvalue weighted by molar-refractivity contribution is 6.37. The zero-order chi connectivity index (χ0) is 30.1. The van der Waals surface area contributed by atoms with Gasteiger partial charge in [0.1, 0.15) is 17.2 Å². The second kappa shape index (κ2) is 14.2. The van der Waals surface area contributed by atoms with Crippen LogP contribution in [0.2, 0.25) is 10.0 Å². The van der Waals surface area contributed by atoms with Crippen molar-refractivity contribution in [2.24, 2.45) is 0 Å². The summed E-state index contributed by atoms with van der Waals surface area (Å²) in [4.78, 5) is 39.0. The van der Waals surface area contributed by atoms with E-state index in [2.05, 4.69) is 10.6 Å². The number of allylic oxidation sites excluding steroid dienone is 1. The highest BCUT2D eigenvalue weighted by atomic mass is 35.5. The van der Waals surface area contributed by atoms with Gasteiger partial charge in [-0.2, -0.15) is 0 Å². The molecule has 42 heavy (non-hydrogen) atoms. The van der Waals surface area contributed by atoms with Crippen molar-refractivity contribution >= 4 is 58.6 Å². The van der Waals surface area contributed by atoms with Crippen LogP contribution in [0.4, 0.5) is 5.69 Å². The lowest BCUT2D eigenvalue weighted by Gasteiger charge is -2.12. The lowest BCUT2D eigenvalue weighted by molar-refractivity contribution is -0.113. The number of benzene rings is 4. The van der Waals surface area contributed by atoms with Crippen molar-refractivity contribution in [3.8, 4) is 11.5 Å². The van der Waals surface area contributed by atoms with Crippen LogP contribution < -0.4 is 20.1 Å². The summed E-state index contributed by atoms with van der Waals surface area (Å²) in [7, 11) is 3.10. The van der Waals surface area contributed by atoms with Gasteiger partial charge in [0.2, 0.25) is 0 Å². The number of anilines is 1. The lowest BCUT2D eigenvalue weighted by atomic mass is 10.1. The maximum absolute atomic E-state index is 13.3. The topological polar surface area (TPSA) is 93.7 Å². The Labute approximate surface area is 253 Å². The molecule has 2 N–H and O–H groups in total. The van der Waals surface area contributed by atoms with Gasteiger partial charge in [0, 0.05) is 38.0 Å². The van der Waals surface area contributed by atoms with Gasteiger partial charge in [0.15, 0.2) is 5.78 Å². The number of methoxy groups -OCH3 is 2. The molecule has 9 heteroatoms. The number of amides is 2. The third-order valence-electron chi connectivity index (χ3n) is 6.10. The van der Waals surface area contributed by atoms with E-state index in [0.29, 0.717) is 49.5 Å². The van der Waals surface area contributed by atoms with Gasteiger partial charge in [0.25, 0.3) is 11.8 Å². The predicted octanol–water partition coefficient (Wildman–Crippen LogP) is 7.32. The summed E-state index contributed by atoms with van der Waals surface area (Å²) in [6.07, 6.45) is 4.49. The summed E-state index contributed by atoms with van der Waals surface area (Å²) >= 11 is 12.6. The molecule has 0 bridgehead atoms. The first-order valence-corrected chi connectivity index (χ1v) is 13.4. The average molecular weight is 601 g/mol. The maximum Gasteiger partial charge on any atom is 0.272 e. The molecule has 0 saturated heterocycles. The third kappa shape index (κ3) is 7.66. The smallest absolute Gasteiger partial charge is 0.272 e. The van der Waals surface area contributed by atoms with Gasteiger partial charge >= 0.3 is 0 Å². The van der Waals surface area contributed by atoms with Gasteiger partial charge in [-0.1, -0.05) is 47.5 Å². The Hall–Kier alpha value is -4.85. The Kier molecular flexibility index (Phi) is 10.2. The summed E-state index contributed by atoms with van der Waals surface area (Å²) in [6.45, 7) is 0. The van der Waals surface area contributed by atoms with Crippen LogP contribution in [-0.2, 0) is 4.79 Å². The van der Waals surface area contributed by atoms with Crippen molar-refractivity contribution in [1.29, 1.82) is 0 Å². The highest BCUT2D eigenvalue weighted by Gasteiger charge is 2.17. The van der Waals surface area contributed by atoms with Crippen molar-refractivity contribution in [2.45, 2.75) is 0 Å². The summed E-state index contributed by atoms with van der Waals surface area (Å²) in [5, 5.41) is 6.01. The Balaban J connectivity index is 1.53. The van der Waals surface area contributed by atoms with E-state index in [1.807, 2.05) is 0 Å². The number of rotatable bonds is 10. The van der Waals surface area contributed by atoms with Gasteiger partial charge in [-0.25, -0.2) is 0 Å². The first-order valence-electron chi connectivity index (χ1n) is 12.7. The quantitative estimate of drug-likeness (QED) is 0.147. The largest absolute Gasteiger partial charge is 0.497 e. The maximum atomic E-state index is 13.3. The summed E-state index contributed by atoms with van der Waals surface area (Å²) in [5.41, 5.74) is 2.16. The van der Waals surface area contributed by atoms with Crippen molar-refractivity contribution in [3.63, 3.8) is 0 Å². The SMILES string of the molecule is COc1ccc(OC)c(/C=C/C(=O)c2ccc(NC(=O)/C(=C/c3c(Cl)cccc3Cl)NC(=O)c3ccccc3)cc2)c1. The fourth-order valence-corrected chi connectivity index (χ4v) is 4.39. The molecular formula is C33H26Cl2N2O5. The molecule has 2 amide bonds. The fraction of sp³-hybridized carbons (Fsp3) is 0.0606. The zero-order valence-electron chi connectivity index (χ0n) is 22.7. The number of nitrogens with one attached hydrogen (secondary N) is 2. The molecule has 4 aromatic rings. The molecule has 4 rings (SSSR count). The van der Waals surface area contributed by atoms with Crippen molar-refractivity contribution < 1.29 is 23.9 Å². The van der Waals surface area contributed by atoms with Gasteiger partial charge in [-0.3, -0.25) is 14.4 Å². The van der Waals surface area contributed by atoms with Crippen molar-refractivity contribution in [3.05, 3.63) is 135 Å². The summed E-state index contributed by atoms with van der Waals surface area (Å²) < 4.78 is 10.6. The standard InChI is InChI=1S/C33H26Cl2N2O5/c1-41-25-16-18-31(42-2)23(19-25)13-17-30(38)21-11-14-24(15-12-21)36-33(40)29(20-26-27(34)9-6-10-28(26)35)37-32(39)22-7-4-3-5-8-22/h3-20H,1-2H3,(H,36,40)(H,37,39)/b17-13+,29-20-. The van der Waals surface area contributed by atoms with E-state index < -0.39 is 11.8 Å². The molecule has 0 heterocycles. The lowest BCUT2D eigenvalue weighted by Crippen LogP contribution is -2.30. The molecule has 0 saturated carbocycles. The van der Waals surface area contributed by atoms with Crippen LogP contribution in [0.1, 0.15) is 31.8 Å². The van der Waals surface area contributed by atoms with E-state index in [4.69, 9.17) is 32.7 Å². The average Bonchev–Trinajstić information content (AvgIpc) is 3.01. The van der Waals surface area contributed by atoms with Gasteiger partial charge in [-0.15, -0.1) is 0 Å². The third-order valence-corrected chi connectivity index (χ3v) is 6.75. The summed E-state index contributed by atoms with van der Waals surface area (Å²) in [6, 6.07) is 25.0. The molecule has 4 aromatic carbocycles. The highest BCUT2D eigenvalue weighted by Crippen LogP contribution is 2.27. The van der Waals surface area contributed by atoms with E-state index in [0.717, 1.165) is 0 Å². The zero-order valence-corrected chi connectivity index (χ0v) is 24.2. The van der Waals surface area contributed by atoms with E-state index in [-0.39, 0.29) is 11.5 Å². The van der Waals surface area contributed by atoms with E-state index in [9.17, 15) is 14.4 Å². The molecular weight excluding hydrogens is 575 g/mol. The van der Waals surface area contributed by atoms with Crippen LogP contribution in [-0.4, -0.2) is 31.8 Å². The monoisotopic (exact) mass is 600 g/mol. The van der Waals surface area contributed by atoms with Crippen LogP contribution in [0.25, 0.3) is 12.2 Å². The molecule has 212 valence electrons. The van der Waals surface area contributed by atoms with E-state index in [1.165, 1.54) is 12.2 Å². The molecule has 0 fully saturated rings. The molecule has 7 nitrogen and oxygen atoms in total. The first kappa shape index (κ1) is 30.1. The number of hydrogen-bond donors (Lipinski definition) is 2. The summed E-state index contributed by atoms with van der Waals surface area (Å²) in [5.74, 6) is -0.117. The number of carbonyl (C=O) groups excluding carboxylic acids is 3. The van der Waals surface area contributed by atoms with E-state index in [1.54, 1.807) is 111 Å². The molecule has 0 radical (unpaired) electrons. The molecule has 0 aliphatic rings. The van der Waals surface area contributed by atoms with Crippen LogP contribution in [0.5, 0.6) is 11.5 Å². The predicted molar refractivity (Wildman–Crippen MR) is 166 cm³/mol. The second-order valence-electron chi connectivity index (χ2n) is 8.85. The minimum absolute atomic E-state index is 0.0748. The van der Waals surface area contributed by atoms with Crippen LogP contribution >= 0.6 is 23.2 Å². The molecule has 0 spiro atoms. The number of ether oxygens (including phenoxy) is 2. The Bertz CT molecular complexity index is 1650. The Morgan fingerprint density at radius 3 is 2.10 bits per heavy atom. The van der Waals surface area contributed by atoms with Crippen LogP contribution in [0, 0.1) is 0 Å². The van der Waals surface area contributed by atoms with Gasteiger partial charge < -0.3 is 20.1 Å². The van der Waals surface area contributed by atoms with Crippen LogP contribution in [0.15, 0.2) is 103 Å². The first-order chi connectivity index (χ1) is 20.3. The minimum atomic E-state index is -0.612. The number of carbonyl (C=O) groups is 3. The van der Waals surface area contributed by atoms with Crippen molar-refractivity contribution in [2.75, 3.05) is 19.5 Å². The second-order valence-corrected chi connectivity index (χ2v) is 9.66. The number of hydrogen-bond acceptors (Lipinski definition) is 5. The fourth-order valence-electron chi connectivity index (χ4n) is 3.88. The molecule has 0 aromatic heterocycles. The Morgan fingerprint density at radius 2 is 1.45 bits per heavy atom. The number of halogens is 2. The Morgan fingerprint density at radius 1 is 0.762 bits per heavy atom. The van der Waals surface area contributed by atoms with Crippen LogP contribution in [0.3, 0.4) is 0 Å². The van der Waals surface area contributed by atoms with Gasteiger partial charge in [0.05, 0.1) is 14.2 Å². The normalized spacial score (nSPS) is 11.2. The number of ketones is 1. The minimum Gasteiger partial charge on any atom is -0.497 e. The molecule has 0 unspecified atom stereocenters. The van der Waals surface area contributed by atoms with E-state index >= 15 is 0 Å². The molecule has 0 aliphatic heterocycles. The molecule has 0 atom stereocenters. The van der Waals surface area contributed by atoms with Gasteiger partial charge in [-0.05, 0) is 85.0 Å².